The molecule has 0 radical (unpaired) electrons. The minimum Gasteiger partial charge on any atom is -0.507 e. The highest BCUT2D eigenvalue weighted by Crippen LogP contribution is 2.24. The number of hydrogen-bond donors (Lipinski definition) is 3. The quantitative estimate of drug-likeness (QED) is 0.779. The van der Waals surface area contributed by atoms with E-state index in [4.69, 9.17) is 0 Å². The molecule has 0 aliphatic carbocycles. The fourth-order valence-corrected chi connectivity index (χ4v) is 2.02. The maximum Gasteiger partial charge on any atom is 0.226 e. The average molecular weight is 315 g/mol. The summed E-state index contributed by atoms with van der Waals surface area (Å²) < 4.78 is 0.673. The molecule has 0 aromatic heterocycles. The van der Waals surface area contributed by atoms with Crippen molar-refractivity contribution in [1.29, 1.82) is 0 Å². The molecule has 0 aliphatic heterocycles. The third kappa shape index (κ3) is 3.99. The molecule has 1 aromatic carbocycles. The highest BCUT2D eigenvalue weighted by Gasteiger charge is 2.25. The molecule has 0 atom stereocenters. The Hall–Kier alpha value is -1.07. The van der Waals surface area contributed by atoms with E-state index >= 15 is 0 Å². The normalized spacial score (nSPS) is 11.3. The van der Waals surface area contributed by atoms with E-state index in [1.165, 1.54) is 0 Å². The summed E-state index contributed by atoms with van der Waals surface area (Å²) >= 11 is 3.27. The molecule has 100 valence electrons. The summed E-state index contributed by atoms with van der Waals surface area (Å²) in [6, 6.07) is 5.35. The van der Waals surface area contributed by atoms with Crippen LogP contribution < -0.4 is 10.6 Å². The van der Waals surface area contributed by atoms with Crippen molar-refractivity contribution in [2.24, 2.45) is 5.41 Å². The van der Waals surface area contributed by atoms with Crippen LogP contribution in [0.15, 0.2) is 22.7 Å². The van der Waals surface area contributed by atoms with E-state index in [0.717, 1.165) is 5.56 Å². The van der Waals surface area contributed by atoms with Gasteiger partial charge in [0.05, 0.1) is 9.89 Å². The first kappa shape index (κ1) is 15.0. The van der Waals surface area contributed by atoms with Gasteiger partial charge in [0.15, 0.2) is 0 Å². The molecule has 4 nitrogen and oxygen atoms in total. The first-order valence-electron chi connectivity index (χ1n) is 5.77. The van der Waals surface area contributed by atoms with Gasteiger partial charge in [-0.1, -0.05) is 6.07 Å². The number of phenolic OH excluding ortho intramolecular Hbond substituents is 1. The van der Waals surface area contributed by atoms with Crippen LogP contribution in [-0.2, 0) is 11.3 Å². The van der Waals surface area contributed by atoms with Gasteiger partial charge in [0.1, 0.15) is 5.75 Å². The molecule has 1 aromatic rings. The lowest BCUT2D eigenvalue weighted by Gasteiger charge is -2.23. The van der Waals surface area contributed by atoms with Crippen molar-refractivity contribution in [3.8, 4) is 5.75 Å². The molecular formula is C13H19BrN2O2. The summed E-state index contributed by atoms with van der Waals surface area (Å²) in [6.07, 6.45) is 0. The van der Waals surface area contributed by atoms with Crippen LogP contribution in [0.1, 0.15) is 19.4 Å². The summed E-state index contributed by atoms with van der Waals surface area (Å²) in [5, 5.41) is 15.3. The zero-order chi connectivity index (χ0) is 13.8. The summed E-state index contributed by atoms with van der Waals surface area (Å²) in [6.45, 7) is 5.03. The topological polar surface area (TPSA) is 61.4 Å². The third-order valence-corrected chi connectivity index (χ3v) is 3.39. The highest BCUT2D eigenvalue weighted by molar-refractivity contribution is 9.10. The second-order valence-electron chi connectivity index (χ2n) is 4.85. The van der Waals surface area contributed by atoms with E-state index in [-0.39, 0.29) is 11.7 Å². The van der Waals surface area contributed by atoms with Gasteiger partial charge in [-0.2, -0.15) is 0 Å². The first-order chi connectivity index (χ1) is 8.36. The van der Waals surface area contributed by atoms with E-state index in [9.17, 15) is 9.90 Å². The maximum atomic E-state index is 11.6. The third-order valence-electron chi connectivity index (χ3n) is 2.75. The maximum absolute atomic E-state index is 11.6. The fraction of sp³-hybridized carbons (Fsp3) is 0.462. The number of hydrogen-bond acceptors (Lipinski definition) is 3. The molecule has 0 heterocycles. The number of nitrogens with one attached hydrogen (secondary N) is 2. The summed E-state index contributed by atoms with van der Waals surface area (Å²) in [7, 11) is 1.64. The van der Waals surface area contributed by atoms with Gasteiger partial charge >= 0.3 is 0 Å². The summed E-state index contributed by atoms with van der Waals surface area (Å²) in [4.78, 5) is 11.6. The van der Waals surface area contributed by atoms with Crippen molar-refractivity contribution >= 4 is 21.8 Å². The van der Waals surface area contributed by atoms with Crippen LogP contribution in [0.25, 0.3) is 0 Å². The number of halogens is 1. The molecule has 0 unspecified atom stereocenters. The molecule has 5 heteroatoms. The van der Waals surface area contributed by atoms with Gasteiger partial charge in [-0.15, -0.1) is 0 Å². The lowest BCUT2D eigenvalue weighted by Crippen LogP contribution is -2.41. The lowest BCUT2D eigenvalue weighted by atomic mass is 9.92. The van der Waals surface area contributed by atoms with Crippen molar-refractivity contribution in [3.05, 3.63) is 28.2 Å². The predicted molar refractivity (Wildman–Crippen MR) is 75.4 cm³/mol. The average Bonchev–Trinajstić information content (AvgIpc) is 2.32. The Labute approximate surface area is 116 Å². The largest absolute Gasteiger partial charge is 0.507 e. The monoisotopic (exact) mass is 314 g/mol. The molecule has 18 heavy (non-hydrogen) atoms. The number of rotatable bonds is 5. The first-order valence-corrected chi connectivity index (χ1v) is 6.56. The van der Waals surface area contributed by atoms with E-state index < -0.39 is 5.41 Å². The zero-order valence-corrected chi connectivity index (χ0v) is 12.5. The Balaban J connectivity index is 2.51. The zero-order valence-electron chi connectivity index (χ0n) is 10.9. The molecule has 1 rings (SSSR count). The molecule has 0 spiro atoms. The Morgan fingerprint density at radius 2 is 2.11 bits per heavy atom. The van der Waals surface area contributed by atoms with Gasteiger partial charge in [0, 0.05) is 20.1 Å². The molecule has 3 N–H and O–H groups in total. The molecule has 0 bridgehead atoms. The van der Waals surface area contributed by atoms with Crippen molar-refractivity contribution < 1.29 is 9.90 Å². The van der Waals surface area contributed by atoms with Gasteiger partial charge in [-0.3, -0.25) is 4.79 Å². The Morgan fingerprint density at radius 1 is 1.44 bits per heavy atom. The van der Waals surface area contributed by atoms with Crippen LogP contribution in [-0.4, -0.2) is 24.6 Å². The molecular weight excluding hydrogens is 296 g/mol. The Bertz CT molecular complexity index is 433. The summed E-state index contributed by atoms with van der Waals surface area (Å²) in [5.74, 6) is 0.242. The van der Waals surface area contributed by atoms with Crippen LogP contribution in [0, 0.1) is 5.41 Å². The van der Waals surface area contributed by atoms with Crippen LogP contribution in [0.3, 0.4) is 0 Å². The molecule has 1 amide bonds. The molecule has 0 saturated carbocycles. The van der Waals surface area contributed by atoms with Gasteiger partial charge in [0.25, 0.3) is 0 Å². The van der Waals surface area contributed by atoms with Crippen molar-refractivity contribution in [1.82, 2.24) is 10.6 Å². The van der Waals surface area contributed by atoms with Gasteiger partial charge in [-0.25, -0.2) is 0 Å². The summed E-state index contributed by atoms with van der Waals surface area (Å²) in [5.41, 5.74) is 0.607. The fourth-order valence-electron chi connectivity index (χ4n) is 1.60. The van der Waals surface area contributed by atoms with Crippen molar-refractivity contribution in [3.63, 3.8) is 0 Å². The Morgan fingerprint density at radius 3 is 2.67 bits per heavy atom. The van der Waals surface area contributed by atoms with Crippen LogP contribution >= 0.6 is 15.9 Å². The van der Waals surface area contributed by atoms with E-state index in [1.54, 1.807) is 13.1 Å². The van der Waals surface area contributed by atoms with Gasteiger partial charge in [-0.05, 0) is 47.5 Å². The standard InChI is InChI=1S/C13H19BrN2O2/c1-13(2,12(18)15-3)8-16-7-9-4-5-11(17)10(14)6-9/h4-6,16-17H,7-8H2,1-3H3,(H,15,18). The second-order valence-corrected chi connectivity index (χ2v) is 5.71. The number of benzene rings is 1. The minimum absolute atomic E-state index is 0.0156. The molecule has 0 saturated heterocycles. The molecule has 0 fully saturated rings. The molecule has 0 aliphatic rings. The number of aromatic hydroxyl groups is 1. The number of carbonyl (C=O) groups excluding carboxylic acids is 1. The van der Waals surface area contributed by atoms with Crippen molar-refractivity contribution in [2.45, 2.75) is 20.4 Å². The van der Waals surface area contributed by atoms with E-state index in [0.29, 0.717) is 17.6 Å². The van der Waals surface area contributed by atoms with Crippen LogP contribution in [0.5, 0.6) is 5.75 Å². The van der Waals surface area contributed by atoms with Gasteiger partial charge < -0.3 is 15.7 Å². The minimum atomic E-state index is -0.442. The Kier molecular flexibility index (Phi) is 5.16. The van der Waals surface area contributed by atoms with E-state index in [1.807, 2.05) is 26.0 Å². The van der Waals surface area contributed by atoms with Crippen LogP contribution in [0.2, 0.25) is 0 Å². The number of carbonyl (C=O) groups is 1. The predicted octanol–water partition coefficient (Wildman–Crippen LogP) is 2.02. The number of amides is 1. The highest BCUT2D eigenvalue weighted by atomic mass is 79.9. The van der Waals surface area contributed by atoms with Crippen molar-refractivity contribution in [2.75, 3.05) is 13.6 Å². The van der Waals surface area contributed by atoms with Crippen LogP contribution in [0.4, 0.5) is 0 Å². The van der Waals surface area contributed by atoms with Gasteiger partial charge in [0.2, 0.25) is 5.91 Å². The smallest absolute Gasteiger partial charge is 0.226 e. The second kappa shape index (κ2) is 6.20. The number of phenols is 1. The van der Waals surface area contributed by atoms with E-state index in [2.05, 4.69) is 26.6 Å². The lowest BCUT2D eigenvalue weighted by molar-refractivity contribution is -0.128. The SMILES string of the molecule is CNC(=O)C(C)(C)CNCc1ccc(O)c(Br)c1.